The number of nitrogens with zero attached hydrogens (tertiary/aromatic N) is 4. The predicted molar refractivity (Wildman–Crippen MR) is 106 cm³/mol. The van der Waals surface area contributed by atoms with E-state index in [-0.39, 0.29) is 10.4 Å². The van der Waals surface area contributed by atoms with Crippen LogP contribution in [0, 0.1) is 13.8 Å². The van der Waals surface area contributed by atoms with E-state index >= 15 is 0 Å². The molecule has 0 spiro atoms. The summed E-state index contributed by atoms with van der Waals surface area (Å²) in [5.74, 6) is 0. The average molecular weight is 408 g/mol. The van der Waals surface area contributed by atoms with Crippen molar-refractivity contribution in [3.63, 3.8) is 0 Å². The van der Waals surface area contributed by atoms with Gasteiger partial charge in [0.2, 0.25) is 0 Å². The first kappa shape index (κ1) is 19.4. The minimum atomic E-state index is -3.88. The van der Waals surface area contributed by atoms with Crippen LogP contribution in [0.4, 0.5) is 5.69 Å². The molecule has 144 valence electrons. The van der Waals surface area contributed by atoms with Crippen LogP contribution in [0.5, 0.6) is 0 Å². The highest BCUT2D eigenvalue weighted by atomic mass is 35.5. The van der Waals surface area contributed by atoms with Crippen LogP contribution in [0.25, 0.3) is 5.69 Å². The van der Waals surface area contributed by atoms with Gasteiger partial charge in [0.25, 0.3) is 10.0 Å². The topological polar surface area (TPSA) is 81.8 Å². The lowest BCUT2D eigenvalue weighted by Crippen LogP contribution is -2.25. The summed E-state index contributed by atoms with van der Waals surface area (Å²) in [4.78, 5) is 0.170. The van der Waals surface area contributed by atoms with Crippen LogP contribution in [0.3, 0.4) is 0 Å². The van der Waals surface area contributed by atoms with E-state index in [0.717, 1.165) is 0 Å². The Morgan fingerprint density at radius 2 is 1.85 bits per heavy atom. The van der Waals surface area contributed by atoms with Crippen LogP contribution in [0.1, 0.15) is 32.2 Å². The van der Waals surface area contributed by atoms with Gasteiger partial charge in [-0.1, -0.05) is 17.7 Å². The second-order valence-electron chi connectivity index (χ2n) is 7.27. The van der Waals surface area contributed by atoms with E-state index in [9.17, 15) is 8.42 Å². The number of anilines is 1. The summed E-state index contributed by atoms with van der Waals surface area (Å²) in [6.07, 6.45) is 3.30. The number of benzene rings is 1. The molecule has 0 aliphatic carbocycles. The smallest absolute Gasteiger partial charge is 0.265 e. The van der Waals surface area contributed by atoms with Gasteiger partial charge in [-0.2, -0.15) is 10.2 Å². The lowest BCUT2D eigenvalue weighted by molar-refractivity contribution is 0.345. The number of sulfonamides is 1. The SMILES string of the molecule is Cc1nn(C(C)(C)C)c(C)c1S(=O)(=O)Nc1cccc(Cl)c1-n1cccn1. The molecule has 3 aromatic rings. The number of aromatic nitrogens is 4. The molecule has 0 amide bonds. The number of nitrogens with one attached hydrogen (secondary N) is 1. The van der Waals surface area contributed by atoms with Crippen LogP contribution in [0.2, 0.25) is 5.02 Å². The van der Waals surface area contributed by atoms with Crippen molar-refractivity contribution >= 4 is 27.3 Å². The zero-order chi connectivity index (χ0) is 20.0. The molecule has 0 bridgehead atoms. The Labute approximate surface area is 164 Å². The third kappa shape index (κ3) is 3.59. The van der Waals surface area contributed by atoms with E-state index in [0.29, 0.717) is 27.8 Å². The van der Waals surface area contributed by atoms with Gasteiger partial charge in [0.05, 0.1) is 27.6 Å². The standard InChI is InChI=1S/C18H22ClN5O2S/c1-12-17(13(2)24(21-12)18(3,4)5)27(25,26)22-15-9-6-8-14(19)16(15)23-11-7-10-20-23/h6-11,22H,1-5H3. The van der Waals surface area contributed by atoms with Crippen LogP contribution < -0.4 is 4.72 Å². The molecule has 0 unspecified atom stereocenters. The van der Waals surface area contributed by atoms with Gasteiger partial charge < -0.3 is 0 Å². The van der Waals surface area contributed by atoms with Gasteiger partial charge in [-0.05, 0) is 52.8 Å². The Hall–Kier alpha value is -2.32. The number of hydrogen-bond acceptors (Lipinski definition) is 4. The molecule has 1 aromatic carbocycles. The molecular formula is C18H22ClN5O2S. The third-order valence-corrected chi connectivity index (χ3v) is 6.02. The fourth-order valence-electron chi connectivity index (χ4n) is 3.10. The molecule has 0 saturated heterocycles. The van der Waals surface area contributed by atoms with Gasteiger partial charge in [-0.15, -0.1) is 0 Å². The molecule has 3 rings (SSSR count). The fraction of sp³-hybridized carbons (Fsp3) is 0.333. The molecule has 0 atom stereocenters. The first-order chi connectivity index (χ1) is 12.5. The summed E-state index contributed by atoms with van der Waals surface area (Å²) in [5, 5.41) is 8.98. The molecule has 7 nitrogen and oxygen atoms in total. The van der Waals surface area contributed by atoms with E-state index in [1.807, 2.05) is 20.8 Å². The highest BCUT2D eigenvalue weighted by Gasteiger charge is 2.29. The maximum absolute atomic E-state index is 13.2. The van der Waals surface area contributed by atoms with Gasteiger partial charge in [0.15, 0.2) is 0 Å². The number of hydrogen-bond donors (Lipinski definition) is 1. The highest BCUT2D eigenvalue weighted by molar-refractivity contribution is 7.92. The Bertz CT molecular complexity index is 1080. The summed E-state index contributed by atoms with van der Waals surface area (Å²) in [5.41, 5.74) is 1.49. The first-order valence-electron chi connectivity index (χ1n) is 8.40. The van der Waals surface area contributed by atoms with Crippen molar-refractivity contribution in [3.05, 3.63) is 53.1 Å². The van der Waals surface area contributed by atoms with E-state index in [2.05, 4.69) is 14.9 Å². The number of rotatable bonds is 4. The van der Waals surface area contributed by atoms with Gasteiger partial charge in [0, 0.05) is 12.4 Å². The summed E-state index contributed by atoms with van der Waals surface area (Å²) in [7, 11) is -3.88. The highest BCUT2D eigenvalue weighted by Crippen LogP contribution is 2.32. The molecule has 0 radical (unpaired) electrons. The minimum absolute atomic E-state index is 0.170. The summed E-state index contributed by atoms with van der Waals surface area (Å²) in [6, 6.07) is 6.76. The van der Waals surface area contributed by atoms with Crippen molar-refractivity contribution in [2.24, 2.45) is 0 Å². The normalized spacial score (nSPS) is 12.4. The summed E-state index contributed by atoms with van der Waals surface area (Å²) < 4.78 is 32.3. The fourth-order valence-corrected chi connectivity index (χ4v) is 4.82. The number of para-hydroxylation sites is 1. The van der Waals surface area contributed by atoms with Crippen LogP contribution in [-0.2, 0) is 15.6 Å². The molecule has 0 fully saturated rings. The van der Waals surface area contributed by atoms with Gasteiger partial charge >= 0.3 is 0 Å². The molecule has 9 heteroatoms. The first-order valence-corrected chi connectivity index (χ1v) is 10.3. The lowest BCUT2D eigenvalue weighted by Gasteiger charge is -2.21. The molecule has 2 heterocycles. The second kappa shape index (κ2) is 6.69. The van der Waals surface area contributed by atoms with Crippen LogP contribution in [-0.4, -0.2) is 28.0 Å². The second-order valence-corrected chi connectivity index (χ2v) is 9.30. The molecule has 1 N–H and O–H groups in total. The summed E-state index contributed by atoms with van der Waals surface area (Å²) >= 11 is 6.31. The summed E-state index contributed by atoms with van der Waals surface area (Å²) in [6.45, 7) is 9.37. The Morgan fingerprint density at radius 1 is 1.15 bits per heavy atom. The Kier molecular flexibility index (Phi) is 4.81. The lowest BCUT2D eigenvalue weighted by atomic mass is 10.1. The predicted octanol–water partition coefficient (Wildman–Crippen LogP) is 3.89. The number of halogens is 1. The molecule has 0 aliphatic heterocycles. The maximum atomic E-state index is 13.2. The zero-order valence-corrected chi connectivity index (χ0v) is 17.4. The van der Waals surface area contributed by atoms with Gasteiger partial charge in [-0.3, -0.25) is 9.40 Å². The average Bonchev–Trinajstić information content (AvgIpc) is 3.14. The zero-order valence-electron chi connectivity index (χ0n) is 15.9. The monoisotopic (exact) mass is 407 g/mol. The molecule has 2 aromatic heterocycles. The quantitative estimate of drug-likeness (QED) is 0.711. The van der Waals surface area contributed by atoms with E-state index in [4.69, 9.17) is 11.6 Å². The molecule has 0 aliphatic rings. The van der Waals surface area contributed by atoms with Crippen LogP contribution in [0.15, 0.2) is 41.6 Å². The largest absolute Gasteiger partial charge is 0.277 e. The van der Waals surface area contributed by atoms with Crippen molar-refractivity contribution < 1.29 is 8.42 Å². The van der Waals surface area contributed by atoms with Gasteiger partial charge in [-0.25, -0.2) is 13.1 Å². The van der Waals surface area contributed by atoms with E-state index in [1.54, 1.807) is 55.2 Å². The number of aryl methyl sites for hydroxylation is 1. The maximum Gasteiger partial charge on any atom is 0.265 e. The molecular weight excluding hydrogens is 386 g/mol. The van der Waals surface area contributed by atoms with Crippen molar-refractivity contribution in [2.75, 3.05) is 4.72 Å². The van der Waals surface area contributed by atoms with Crippen molar-refractivity contribution in [3.8, 4) is 5.69 Å². The van der Waals surface area contributed by atoms with Crippen LogP contribution >= 0.6 is 11.6 Å². The minimum Gasteiger partial charge on any atom is -0.277 e. The van der Waals surface area contributed by atoms with Crippen molar-refractivity contribution in [2.45, 2.75) is 45.1 Å². The van der Waals surface area contributed by atoms with Gasteiger partial charge in [0.1, 0.15) is 10.6 Å². The Morgan fingerprint density at radius 3 is 2.41 bits per heavy atom. The molecule has 0 saturated carbocycles. The van der Waals surface area contributed by atoms with Crippen molar-refractivity contribution in [1.82, 2.24) is 19.6 Å². The Balaban J connectivity index is 2.10. The van der Waals surface area contributed by atoms with Crippen molar-refractivity contribution in [1.29, 1.82) is 0 Å². The van der Waals surface area contributed by atoms with E-state index < -0.39 is 10.0 Å². The third-order valence-electron chi connectivity index (χ3n) is 4.09. The van der Waals surface area contributed by atoms with E-state index in [1.165, 1.54) is 4.68 Å². The molecule has 27 heavy (non-hydrogen) atoms.